The van der Waals surface area contributed by atoms with Gasteiger partial charge in [0.05, 0.1) is 6.04 Å². The zero-order valence-corrected chi connectivity index (χ0v) is 14.7. The third kappa shape index (κ3) is 4.08. The van der Waals surface area contributed by atoms with E-state index in [1.807, 2.05) is 6.07 Å². The molecule has 0 aromatic heterocycles. The van der Waals surface area contributed by atoms with Crippen LogP contribution in [0.3, 0.4) is 0 Å². The van der Waals surface area contributed by atoms with E-state index in [1.165, 1.54) is 18.1 Å². The van der Waals surface area contributed by atoms with Gasteiger partial charge in [-0.15, -0.1) is 0 Å². The Balaban J connectivity index is 1.83. The average molecular weight is 336 g/mol. The monoisotopic (exact) mass is 336 g/mol. The van der Waals surface area contributed by atoms with Crippen molar-refractivity contribution in [2.75, 3.05) is 5.32 Å². The van der Waals surface area contributed by atoms with E-state index < -0.39 is 0 Å². The lowest BCUT2D eigenvalue weighted by Crippen LogP contribution is -2.32. The second-order valence-electron chi connectivity index (χ2n) is 6.78. The molecular formula is C21H24N2O2. The molecule has 0 heterocycles. The summed E-state index contributed by atoms with van der Waals surface area (Å²) < 4.78 is 0. The van der Waals surface area contributed by atoms with Gasteiger partial charge >= 0.3 is 0 Å². The SMILES string of the molecule is CC(=O)Nc1cccc(C(=O)N[C@@H]2c3ccccc3CCC[C@@H]2C)c1. The van der Waals surface area contributed by atoms with Gasteiger partial charge < -0.3 is 10.6 Å². The first-order valence-corrected chi connectivity index (χ1v) is 8.81. The van der Waals surface area contributed by atoms with E-state index >= 15 is 0 Å². The number of carbonyl (C=O) groups excluding carboxylic acids is 2. The van der Waals surface area contributed by atoms with Crippen LogP contribution in [-0.4, -0.2) is 11.8 Å². The number of fused-ring (bicyclic) bond motifs is 1. The molecule has 0 saturated carbocycles. The Morgan fingerprint density at radius 2 is 1.88 bits per heavy atom. The molecule has 1 aliphatic carbocycles. The number of aryl methyl sites for hydroxylation is 1. The highest BCUT2D eigenvalue weighted by atomic mass is 16.2. The topological polar surface area (TPSA) is 58.2 Å². The molecular weight excluding hydrogens is 312 g/mol. The van der Waals surface area contributed by atoms with E-state index in [9.17, 15) is 9.59 Å². The number of anilines is 1. The zero-order chi connectivity index (χ0) is 17.8. The summed E-state index contributed by atoms with van der Waals surface area (Å²) in [6.45, 7) is 3.65. The number of hydrogen-bond donors (Lipinski definition) is 2. The molecule has 2 aromatic rings. The maximum atomic E-state index is 12.8. The minimum Gasteiger partial charge on any atom is -0.345 e. The molecule has 0 radical (unpaired) electrons. The van der Waals surface area contributed by atoms with Crippen LogP contribution in [0.5, 0.6) is 0 Å². The molecule has 0 fully saturated rings. The summed E-state index contributed by atoms with van der Waals surface area (Å²) in [6.07, 6.45) is 3.29. The number of rotatable bonds is 3. The Morgan fingerprint density at radius 3 is 2.68 bits per heavy atom. The van der Waals surface area contributed by atoms with Gasteiger partial charge in [-0.3, -0.25) is 9.59 Å². The molecule has 0 saturated heterocycles. The van der Waals surface area contributed by atoms with E-state index in [1.54, 1.807) is 24.3 Å². The number of hydrogen-bond acceptors (Lipinski definition) is 2. The fourth-order valence-electron chi connectivity index (χ4n) is 3.54. The molecule has 2 aromatic carbocycles. The molecule has 130 valence electrons. The van der Waals surface area contributed by atoms with Gasteiger partial charge in [-0.1, -0.05) is 37.3 Å². The molecule has 4 nitrogen and oxygen atoms in total. The largest absolute Gasteiger partial charge is 0.345 e. The molecule has 0 spiro atoms. The first-order valence-electron chi connectivity index (χ1n) is 8.81. The van der Waals surface area contributed by atoms with Crippen LogP contribution < -0.4 is 10.6 Å². The number of carbonyl (C=O) groups is 2. The first kappa shape index (κ1) is 17.2. The van der Waals surface area contributed by atoms with Crippen molar-refractivity contribution in [1.82, 2.24) is 5.32 Å². The molecule has 2 N–H and O–H groups in total. The lowest BCUT2D eigenvalue weighted by molar-refractivity contribution is -0.114. The highest BCUT2D eigenvalue weighted by molar-refractivity contribution is 5.97. The zero-order valence-electron chi connectivity index (χ0n) is 14.7. The summed E-state index contributed by atoms with van der Waals surface area (Å²) in [5.41, 5.74) is 3.73. The Bertz CT molecular complexity index is 785. The standard InChI is InChI=1S/C21H24N2O2/c1-14-7-5-9-16-8-3-4-12-19(16)20(14)23-21(25)17-10-6-11-18(13-17)22-15(2)24/h3-4,6,8,10-14,20H,5,7,9H2,1-2H3,(H,22,24)(H,23,25)/t14-,20-/m0/s1. The van der Waals surface area contributed by atoms with E-state index in [0.29, 0.717) is 17.2 Å². The lowest BCUT2D eigenvalue weighted by Gasteiger charge is -2.25. The Morgan fingerprint density at radius 1 is 1.08 bits per heavy atom. The maximum absolute atomic E-state index is 12.8. The van der Waals surface area contributed by atoms with Gasteiger partial charge in [0.15, 0.2) is 0 Å². The van der Waals surface area contributed by atoms with Gasteiger partial charge in [0.2, 0.25) is 5.91 Å². The van der Waals surface area contributed by atoms with E-state index in [4.69, 9.17) is 0 Å². The fourth-order valence-corrected chi connectivity index (χ4v) is 3.54. The van der Waals surface area contributed by atoms with Gasteiger partial charge in [0, 0.05) is 18.2 Å². The van der Waals surface area contributed by atoms with Crippen molar-refractivity contribution < 1.29 is 9.59 Å². The van der Waals surface area contributed by atoms with Gasteiger partial charge in [0.25, 0.3) is 5.91 Å². The first-order chi connectivity index (χ1) is 12.0. The highest BCUT2D eigenvalue weighted by Gasteiger charge is 2.26. The Labute approximate surface area is 148 Å². The van der Waals surface area contributed by atoms with Crippen LogP contribution in [0.15, 0.2) is 48.5 Å². The quantitative estimate of drug-likeness (QED) is 0.830. The minimum absolute atomic E-state index is 0.00984. The smallest absolute Gasteiger partial charge is 0.251 e. The van der Waals surface area contributed by atoms with Crippen molar-refractivity contribution in [2.45, 2.75) is 39.2 Å². The summed E-state index contributed by atoms with van der Waals surface area (Å²) in [7, 11) is 0. The van der Waals surface area contributed by atoms with Crippen LogP contribution in [0, 0.1) is 5.92 Å². The molecule has 4 heteroatoms. The summed E-state index contributed by atoms with van der Waals surface area (Å²) >= 11 is 0. The molecule has 0 bridgehead atoms. The number of nitrogens with one attached hydrogen (secondary N) is 2. The molecule has 0 unspecified atom stereocenters. The third-order valence-corrected chi connectivity index (χ3v) is 4.80. The fraction of sp³-hybridized carbons (Fsp3) is 0.333. The Hall–Kier alpha value is -2.62. The van der Waals surface area contributed by atoms with Gasteiger partial charge in [-0.25, -0.2) is 0 Å². The molecule has 2 atom stereocenters. The van der Waals surface area contributed by atoms with E-state index in [2.05, 4.69) is 35.8 Å². The molecule has 0 aliphatic heterocycles. The van der Waals surface area contributed by atoms with Crippen molar-refractivity contribution in [3.63, 3.8) is 0 Å². The Kier molecular flexibility index (Phi) is 5.17. The van der Waals surface area contributed by atoms with Crippen LogP contribution in [0.2, 0.25) is 0 Å². The molecule has 2 amide bonds. The van der Waals surface area contributed by atoms with Crippen molar-refractivity contribution >= 4 is 17.5 Å². The van der Waals surface area contributed by atoms with Crippen molar-refractivity contribution in [3.8, 4) is 0 Å². The van der Waals surface area contributed by atoms with Gasteiger partial charge in [-0.05, 0) is 54.5 Å². The van der Waals surface area contributed by atoms with Crippen molar-refractivity contribution in [2.24, 2.45) is 5.92 Å². The summed E-state index contributed by atoms with van der Waals surface area (Å²) in [5.74, 6) is 0.121. The third-order valence-electron chi connectivity index (χ3n) is 4.80. The number of benzene rings is 2. The molecule has 3 rings (SSSR count). The maximum Gasteiger partial charge on any atom is 0.251 e. The normalized spacial score (nSPS) is 19.4. The van der Waals surface area contributed by atoms with Crippen molar-refractivity contribution in [3.05, 3.63) is 65.2 Å². The highest BCUT2D eigenvalue weighted by Crippen LogP contribution is 2.33. The van der Waals surface area contributed by atoms with Gasteiger partial charge in [0.1, 0.15) is 0 Å². The summed E-state index contributed by atoms with van der Waals surface area (Å²) in [5, 5.41) is 5.93. The molecule has 1 aliphatic rings. The van der Waals surface area contributed by atoms with Crippen LogP contribution in [0.1, 0.15) is 54.2 Å². The van der Waals surface area contributed by atoms with Gasteiger partial charge in [-0.2, -0.15) is 0 Å². The second kappa shape index (κ2) is 7.51. The second-order valence-corrected chi connectivity index (χ2v) is 6.78. The van der Waals surface area contributed by atoms with Crippen molar-refractivity contribution in [1.29, 1.82) is 0 Å². The minimum atomic E-state index is -0.149. The molecule has 25 heavy (non-hydrogen) atoms. The van der Waals surface area contributed by atoms with Crippen LogP contribution in [0.25, 0.3) is 0 Å². The van der Waals surface area contributed by atoms with Crippen LogP contribution in [0.4, 0.5) is 5.69 Å². The summed E-state index contributed by atoms with van der Waals surface area (Å²) in [6, 6.07) is 15.4. The lowest BCUT2D eigenvalue weighted by atomic mass is 9.92. The predicted molar refractivity (Wildman–Crippen MR) is 99.5 cm³/mol. The van der Waals surface area contributed by atoms with E-state index in [0.717, 1.165) is 19.3 Å². The predicted octanol–water partition coefficient (Wildman–Crippen LogP) is 4.09. The number of amides is 2. The van der Waals surface area contributed by atoms with E-state index in [-0.39, 0.29) is 17.9 Å². The van der Waals surface area contributed by atoms with Crippen LogP contribution in [-0.2, 0) is 11.2 Å². The summed E-state index contributed by atoms with van der Waals surface area (Å²) in [4.78, 5) is 24.0. The van der Waals surface area contributed by atoms with Crippen LogP contribution >= 0.6 is 0 Å². The average Bonchev–Trinajstić information content (AvgIpc) is 2.74.